The Labute approximate surface area is 92.2 Å². The van der Waals surface area contributed by atoms with Crippen molar-refractivity contribution in [2.75, 3.05) is 0 Å². The van der Waals surface area contributed by atoms with E-state index < -0.39 is 17.7 Å². The fourth-order valence-electron chi connectivity index (χ4n) is 1.89. The molecule has 4 heteroatoms. The number of esters is 2. The van der Waals surface area contributed by atoms with Gasteiger partial charge in [-0.25, -0.2) is 9.59 Å². The number of hydrogen-bond donors (Lipinski definition) is 0. The Hall–Kier alpha value is -1.84. The van der Waals surface area contributed by atoms with E-state index in [0.29, 0.717) is 24.0 Å². The van der Waals surface area contributed by atoms with E-state index in [1.165, 1.54) is 0 Å². The summed E-state index contributed by atoms with van der Waals surface area (Å²) in [6.07, 6.45) is 2.09. The van der Waals surface area contributed by atoms with Crippen LogP contribution in [0.5, 0.6) is 0 Å². The molecular weight excluding hydrogens is 208 g/mol. The molecule has 4 rings (SSSR count). The summed E-state index contributed by atoms with van der Waals surface area (Å²) in [5.74, 6) is -1.87. The number of fused-ring (bicyclic) bond motifs is 4. The average molecular weight is 218 g/mol. The standard InChI is InChI=1S/C12H10O4/c13-10-8-2-3-9(5-4-8)11(14)16-12(15-10)6-1-7-12/h2-5H,1,6-7H2. The van der Waals surface area contributed by atoms with Crippen LogP contribution < -0.4 is 0 Å². The summed E-state index contributed by atoms with van der Waals surface area (Å²) in [6.45, 7) is 0. The maximum atomic E-state index is 11.7. The molecule has 0 radical (unpaired) electrons. The summed E-state index contributed by atoms with van der Waals surface area (Å²) < 4.78 is 10.5. The predicted molar refractivity (Wildman–Crippen MR) is 53.9 cm³/mol. The van der Waals surface area contributed by atoms with E-state index in [0.717, 1.165) is 6.42 Å². The molecule has 1 saturated carbocycles. The molecule has 0 N–H and O–H groups in total. The SMILES string of the molecule is O=C1OC2(CCC2)OC(=O)c2ccc1cc2. The zero-order chi connectivity index (χ0) is 11.2. The summed E-state index contributed by atoms with van der Waals surface area (Å²) in [5.41, 5.74) is 0.904. The lowest BCUT2D eigenvalue weighted by Gasteiger charge is -2.39. The smallest absolute Gasteiger partial charge is 0.341 e. The van der Waals surface area contributed by atoms with Gasteiger partial charge in [0.05, 0.1) is 11.1 Å². The van der Waals surface area contributed by atoms with Gasteiger partial charge in [0, 0.05) is 12.8 Å². The number of carbonyl (C=O) groups is 2. The van der Waals surface area contributed by atoms with E-state index in [1.807, 2.05) is 0 Å². The summed E-state index contributed by atoms with van der Waals surface area (Å²) in [5, 5.41) is 0. The minimum absolute atomic E-state index is 0.430. The minimum atomic E-state index is -1.01. The molecule has 2 heterocycles. The maximum Gasteiger partial charge on any atom is 0.341 e. The first-order valence-corrected chi connectivity index (χ1v) is 5.25. The fraction of sp³-hybridized carbons (Fsp3) is 0.333. The van der Waals surface area contributed by atoms with Gasteiger partial charge in [-0.1, -0.05) is 0 Å². The van der Waals surface area contributed by atoms with Crippen molar-refractivity contribution in [2.45, 2.75) is 25.0 Å². The zero-order valence-corrected chi connectivity index (χ0v) is 8.56. The van der Waals surface area contributed by atoms with E-state index in [9.17, 15) is 9.59 Å². The van der Waals surface area contributed by atoms with Crippen LogP contribution in [0.15, 0.2) is 24.3 Å². The predicted octanol–water partition coefficient (Wildman–Crippen LogP) is 1.89. The highest BCUT2D eigenvalue weighted by Crippen LogP contribution is 2.38. The summed E-state index contributed by atoms with van der Waals surface area (Å²) in [4.78, 5) is 23.5. The molecule has 2 aliphatic heterocycles. The van der Waals surface area contributed by atoms with E-state index in [2.05, 4.69) is 0 Å². The van der Waals surface area contributed by atoms with Crippen LogP contribution in [0.1, 0.15) is 40.0 Å². The minimum Gasteiger partial charge on any atom is -0.419 e. The Balaban J connectivity index is 2.04. The van der Waals surface area contributed by atoms with Crippen molar-refractivity contribution >= 4 is 11.9 Å². The van der Waals surface area contributed by atoms with Crippen LogP contribution in [0.3, 0.4) is 0 Å². The summed E-state index contributed by atoms with van der Waals surface area (Å²) >= 11 is 0. The molecular formula is C12H10O4. The number of ether oxygens (including phenoxy) is 2. The van der Waals surface area contributed by atoms with Crippen LogP contribution in [0.25, 0.3) is 0 Å². The number of rotatable bonds is 0. The number of carbonyl (C=O) groups excluding carboxylic acids is 2. The molecule has 82 valence electrons. The lowest BCUT2D eigenvalue weighted by atomic mass is 9.91. The molecule has 1 fully saturated rings. The quantitative estimate of drug-likeness (QED) is 0.624. The molecule has 0 aromatic heterocycles. The van der Waals surface area contributed by atoms with E-state index >= 15 is 0 Å². The highest BCUT2D eigenvalue weighted by molar-refractivity contribution is 5.94. The monoisotopic (exact) mass is 218 g/mol. The molecule has 2 bridgehead atoms. The Morgan fingerprint density at radius 1 is 0.875 bits per heavy atom. The van der Waals surface area contributed by atoms with Crippen molar-refractivity contribution in [1.82, 2.24) is 0 Å². The highest BCUT2D eigenvalue weighted by atomic mass is 16.7. The van der Waals surface area contributed by atoms with E-state index in [-0.39, 0.29) is 0 Å². The molecule has 1 aliphatic carbocycles. The van der Waals surface area contributed by atoms with Crippen molar-refractivity contribution in [3.8, 4) is 0 Å². The third-order valence-corrected chi connectivity index (χ3v) is 3.03. The lowest BCUT2D eigenvalue weighted by molar-refractivity contribution is -0.211. The van der Waals surface area contributed by atoms with Crippen molar-refractivity contribution in [1.29, 1.82) is 0 Å². The number of hydrogen-bond acceptors (Lipinski definition) is 4. The Morgan fingerprint density at radius 2 is 1.31 bits per heavy atom. The van der Waals surface area contributed by atoms with Crippen LogP contribution in [0, 0.1) is 0 Å². The van der Waals surface area contributed by atoms with Crippen LogP contribution in [-0.4, -0.2) is 17.7 Å². The van der Waals surface area contributed by atoms with Crippen LogP contribution >= 0.6 is 0 Å². The molecule has 4 nitrogen and oxygen atoms in total. The lowest BCUT2D eigenvalue weighted by Crippen LogP contribution is -2.45. The highest BCUT2D eigenvalue weighted by Gasteiger charge is 2.46. The molecule has 3 aliphatic rings. The first kappa shape index (κ1) is 9.39. The third kappa shape index (κ3) is 1.30. The zero-order valence-electron chi connectivity index (χ0n) is 8.56. The van der Waals surface area contributed by atoms with Crippen LogP contribution in [0.2, 0.25) is 0 Å². The van der Waals surface area contributed by atoms with E-state index in [1.54, 1.807) is 24.3 Å². The van der Waals surface area contributed by atoms with Gasteiger partial charge in [-0.15, -0.1) is 0 Å². The Morgan fingerprint density at radius 3 is 1.62 bits per heavy atom. The van der Waals surface area contributed by atoms with Gasteiger partial charge >= 0.3 is 11.9 Å². The molecule has 0 unspecified atom stereocenters. The van der Waals surface area contributed by atoms with Gasteiger partial charge in [-0.05, 0) is 30.7 Å². The van der Waals surface area contributed by atoms with Gasteiger partial charge in [0.2, 0.25) is 0 Å². The normalized spacial score (nSPS) is 21.5. The summed E-state index contributed by atoms with van der Waals surface area (Å²) in [7, 11) is 0. The van der Waals surface area contributed by atoms with Gasteiger partial charge in [-0.2, -0.15) is 0 Å². The van der Waals surface area contributed by atoms with Crippen molar-refractivity contribution in [3.05, 3.63) is 35.4 Å². The first-order valence-electron chi connectivity index (χ1n) is 5.25. The van der Waals surface area contributed by atoms with E-state index in [4.69, 9.17) is 9.47 Å². The molecule has 1 aromatic rings. The summed E-state index contributed by atoms with van der Waals surface area (Å²) in [6, 6.07) is 6.32. The third-order valence-electron chi connectivity index (χ3n) is 3.03. The Bertz CT molecular complexity index is 417. The van der Waals surface area contributed by atoms with Gasteiger partial charge in [0.15, 0.2) is 0 Å². The number of benzene rings is 1. The molecule has 0 atom stereocenters. The molecule has 1 aromatic carbocycles. The average Bonchev–Trinajstić information content (AvgIpc) is 2.33. The van der Waals surface area contributed by atoms with Crippen molar-refractivity contribution in [3.63, 3.8) is 0 Å². The second kappa shape index (κ2) is 3.07. The largest absolute Gasteiger partial charge is 0.419 e. The Kier molecular flexibility index (Phi) is 1.80. The molecule has 0 saturated heterocycles. The molecule has 16 heavy (non-hydrogen) atoms. The van der Waals surface area contributed by atoms with Crippen LogP contribution in [-0.2, 0) is 9.47 Å². The topological polar surface area (TPSA) is 52.6 Å². The second-order valence-electron chi connectivity index (χ2n) is 4.12. The molecule has 1 spiro atoms. The van der Waals surface area contributed by atoms with Gasteiger partial charge in [-0.3, -0.25) is 0 Å². The van der Waals surface area contributed by atoms with Gasteiger partial charge < -0.3 is 9.47 Å². The second-order valence-corrected chi connectivity index (χ2v) is 4.12. The first-order chi connectivity index (χ1) is 7.69. The van der Waals surface area contributed by atoms with Crippen molar-refractivity contribution in [2.24, 2.45) is 0 Å². The molecule has 0 amide bonds. The van der Waals surface area contributed by atoms with Crippen molar-refractivity contribution < 1.29 is 19.1 Å². The van der Waals surface area contributed by atoms with Gasteiger partial charge in [0.1, 0.15) is 0 Å². The van der Waals surface area contributed by atoms with Crippen LogP contribution in [0.4, 0.5) is 0 Å². The fourth-order valence-corrected chi connectivity index (χ4v) is 1.89. The maximum absolute atomic E-state index is 11.7. The van der Waals surface area contributed by atoms with Gasteiger partial charge in [0.25, 0.3) is 5.79 Å².